The number of benzene rings is 1. The number of halogens is 2. The normalized spacial score (nSPS) is 17.6. The van der Waals surface area contributed by atoms with Crippen molar-refractivity contribution in [3.05, 3.63) is 16.9 Å². The van der Waals surface area contributed by atoms with Gasteiger partial charge in [0.1, 0.15) is 5.02 Å². The topological polar surface area (TPSA) is 67.3 Å². The number of nitrogens with two attached hydrogens (primary N) is 2. The van der Waals surface area contributed by atoms with E-state index in [-0.39, 0.29) is 27.6 Å². The lowest BCUT2D eigenvalue weighted by molar-refractivity contribution is 0.172. The van der Waals surface area contributed by atoms with Crippen LogP contribution in [0.5, 0.6) is 0 Å². The van der Waals surface area contributed by atoms with Gasteiger partial charge in [0, 0.05) is 12.1 Å². The van der Waals surface area contributed by atoms with E-state index in [9.17, 15) is 4.39 Å². The molecule has 1 fully saturated rings. The Morgan fingerprint density at radius 2 is 1.90 bits per heavy atom. The van der Waals surface area contributed by atoms with Gasteiger partial charge in [-0.05, 0) is 33.0 Å². The van der Waals surface area contributed by atoms with Gasteiger partial charge in [-0.15, -0.1) is 0 Å². The third-order valence-electron chi connectivity index (χ3n) is 4.34. The molecule has 6 heteroatoms. The van der Waals surface area contributed by atoms with E-state index in [0.717, 1.165) is 12.8 Å². The Balaban J connectivity index is 2.21. The van der Waals surface area contributed by atoms with Crippen LogP contribution in [-0.2, 0) is 0 Å². The van der Waals surface area contributed by atoms with Gasteiger partial charge in [0.2, 0.25) is 0 Å². The fourth-order valence-corrected chi connectivity index (χ4v) is 3.06. The molecule has 1 aromatic carbocycles. The van der Waals surface area contributed by atoms with E-state index in [2.05, 4.69) is 24.3 Å². The molecule has 2 rings (SSSR count). The molecular formula is C14H22ClFN4. The average Bonchev–Trinajstić information content (AvgIpc) is 2.86. The van der Waals surface area contributed by atoms with Crippen LogP contribution < -0.4 is 16.8 Å². The third kappa shape index (κ3) is 2.65. The molecule has 0 amide bonds. The van der Waals surface area contributed by atoms with Crippen LogP contribution in [0.25, 0.3) is 0 Å². The molecule has 0 heterocycles. The zero-order valence-corrected chi connectivity index (χ0v) is 12.7. The number of likely N-dealkylation sites (N-methyl/N-ethyl adjacent to an activating group) is 1. The SMILES string of the molecule is CN(C)C1(CNc2c(N)cc(N)c(Cl)c2F)CCCC1. The highest BCUT2D eigenvalue weighted by atomic mass is 35.5. The second kappa shape index (κ2) is 5.66. The molecule has 0 aliphatic heterocycles. The molecule has 20 heavy (non-hydrogen) atoms. The zero-order chi connectivity index (χ0) is 14.9. The van der Waals surface area contributed by atoms with Crippen molar-refractivity contribution in [2.45, 2.75) is 31.2 Å². The van der Waals surface area contributed by atoms with Crippen molar-refractivity contribution in [2.75, 3.05) is 37.4 Å². The van der Waals surface area contributed by atoms with Crippen LogP contribution in [0.2, 0.25) is 5.02 Å². The molecule has 112 valence electrons. The average molecular weight is 301 g/mol. The van der Waals surface area contributed by atoms with E-state index in [4.69, 9.17) is 23.1 Å². The molecule has 0 spiro atoms. The maximum atomic E-state index is 14.2. The minimum atomic E-state index is -0.573. The van der Waals surface area contributed by atoms with Gasteiger partial charge in [-0.3, -0.25) is 0 Å². The summed E-state index contributed by atoms with van der Waals surface area (Å²) in [5.41, 5.74) is 12.2. The summed E-state index contributed by atoms with van der Waals surface area (Å²) in [6.45, 7) is 0.640. The number of rotatable bonds is 4. The highest BCUT2D eigenvalue weighted by molar-refractivity contribution is 6.33. The summed E-state index contributed by atoms with van der Waals surface area (Å²) >= 11 is 5.84. The summed E-state index contributed by atoms with van der Waals surface area (Å²) in [5, 5.41) is 3.05. The molecule has 0 saturated heterocycles. The summed E-state index contributed by atoms with van der Waals surface area (Å²) in [7, 11) is 4.12. The molecule has 1 aliphatic carbocycles. The number of hydrogen-bond acceptors (Lipinski definition) is 4. The van der Waals surface area contributed by atoms with Crippen molar-refractivity contribution in [1.29, 1.82) is 0 Å². The minimum absolute atomic E-state index is 0.0484. The first-order valence-corrected chi connectivity index (χ1v) is 7.19. The Morgan fingerprint density at radius 3 is 2.45 bits per heavy atom. The van der Waals surface area contributed by atoms with Crippen LogP contribution in [-0.4, -0.2) is 31.1 Å². The van der Waals surface area contributed by atoms with Gasteiger partial charge < -0.3 is 21.7 Å². The number of nitrogen functional groups attached to an aromatic ring is 2. The highest BCUT2D eigenvalue weighted by Crippen LogP contribution is 2.37. The third-order valence-corrected chi connectivity index (χ3v) is 4.73. The summed E-state index contributed by atoms with van der Waals surface area (Å²) in [4.78, 5) is 2.21. The lowest BCUT2D eigenvalue weighted by Gasteiger charge is -2.37. The number of anilines is 3. The molecule has 4 nitrogen and oxygen atoms in total. The zero-order valence-electron chi connectivity index (χ0n) is 12.0. The van der Waals surface area contributed by atoms with Crippen molar-refractivity contribution in [1.82, 2.24) is 4.90 Å². The van der Waals surface area contributed by atoms with E-state index in [1.807, 2.05) is 0 Å². The smallest absolute Gasteiger partial charge is 0.169 e. The molecule has 0 aromatic heterocycles. The first kappa shape index (κ1) is 15.2. The Bertz CT molecular complexity index is 498. The van der Waals surface area contributed by atoms with Gasteiger partial charge in [0.25, 0.3) is 0 Å². The van der Waals surface area contributed by atoms with E-state index in [0.29, 0.717) is 6.54 Å². The van der Waals surface area contributed by atoms with Crippen molar-refractivity contribution in [3.8, 4) is 0 Å². The number of nitrogens with one attached hydrogen (secondary N) is 1. The first-order chi connectivity index (χ1) is 9.37. The fraction of sp³-hybridized carbons (Fsp3) is 0.571. The maximum absolute atomic E-state index is 14.2. The molecule has 1 aromatic rings. The Morgan fingerprint density at radius 1 is 1.30 bits per heavy atom. The molecule has 0 radical (unpaired) electrons. The summed E-state index contributed by atoms with van der Waals surface area (Å²) in [6.07, 6.45) is 4.58. The van der Waals surface area contributed by atoms with Gasteiger partial charge >= 0.3 is 0 Å². The Hall–Kier alpha value is -1.20. The second-order valence-electron chi connectivity index (χ2n) is 5.74. The van der Waals surface area contributed by atoms with E-state index >= 15 is 0 Å². The van der Waals surface area contributed by atoms with Crippen molar-refractivity contribution >= 4 is 28.7 Å². The molecule has 0 atom stereocenters. The number of nitrogens with zero attached hydrogens (tertiary/aromatic N) is 1. The van der Waals surface area contributed by atoms with Crippen molar-refractivity contribution in [2.24, 2.45) is 0 Å². The minimum Gasteiger partial charge on any atom is -0.397 e. The highest BCUT2D eigenvalue weighted by Gasteiger charge is 2.36. The van der Waals surface area contributed by atoms with Gasteiger partial charge in [0.05, 0.1) is 17.1 Å². The van der Waals surface area contributed by atoms with Crippen LogP contribution in [0.3, 0.4) is 0 Å². The van der Waals surface area contributed by atoms with Crippen molar-refractivity contribution in [3.63, 3.8) is 0 Å². The van der Waals surface area contributed by atoms with Crippen LogP contribution in [0.4, 0.5) is 21.5 Å². The van der Waals surface area contributed by atoms with E-state index in [1.54, 1.807) is 0 Å². The molecule has 1 aliphatic rings. The summed E-state index contributed by atoms with van der Waals surface area (Å²) in [5.74, 6) is -0.573. The van der Waals surface area contributed by atoms with E-state index in [1.165, 1.54) is 18.9 Å². The quantitative estimate of drug-likeness (QED) is 0.748. The summed E-state index contributed by atoms with van der Waals surface area (Å²) < 4.78 is 14.2. The molecule has 0 bridgehead atoms. The standard InChI is InChI=1S/C14H22ClFN4/c1-20(2)14(5-3-4-6-14)8-19-13-10(18)7-9(17)11(15)12(13)16/h7,19H,3-6,8,17-18H2,1-2H3. The van der Waals surface area contributed by atoms with Crippen LogP contribution in [0.1, 0.15) is 25.7 Å². The van der Waals surface area contributed by atoms with Crippen molar-refractivity contribution < 1.29 is 4.39 Å². The molecule has 0 unspecified atom stereocenters. The van der Waals surface area contributed by atoms with E-state index < -0.39 is 5.82 Å². The predicted molar refractivity (Wildman–Crippen MR) is 83.6 cm³/mol. The maximum Gasteiger partial charge on any atom is 0.169 e. The second-order valence-corrected chi connectivity index (χ2v) is 6.12. The Labute approximate surface area is 124 Å². The predicted octanol–water partition coefficient (Wildman–Crippen LogP) is 2.93. The molecular weight excluding hydrogens is 279 g/mol. The lowest BCUT2D eigenvalue weighted by Crippen LogP contribution is -2.47. The van der Waals surface area contributed by atoms with Gasteiger partial charge in [-0.2, -0.15) is 0 Å². The summed E-state index contributed by atoms with van der Waals surface area (Å²) in [6, 6.07) is 1.49. The van der Waals surface area contributed by atoms with Gasteiger partial charge in [0.15, 0.2) is 5.82 Å². The van der Waals surface area contributed by atoms with Crippen LogP contribution in [0, 0.1) is 5.82 Å². The van der Waals surface area contributed by atoms with Gasteiger partial charge in [-0.25, -0.2) is 4.39 Å². The first-order valence-electron chi connectivity index (χ1n) is 6.81. The fourth-order valence-electron chi connectivity index (χ4n) is 2.91. The monoisotopic (exact) mass is 300 g/mol. The van der Waals surface area contributed by atoms with Gasteiger partial charge in [-0.1, -0.05) is 24.4 Å². The van der Waals surface area contributed by atoms with Crippen LogP contribution >= 0.6 is 11.6 Å². The van der Waals surface area contributed by atoms with Crippen LogP contribution in [0.15, 0.2) is 6.07 Å². The molecule has 5 N–H and O–H groups in total. The lowest BCUT2D eigenvalue weighted by atomic mass is 9.96. The largest absolute Gasteiger partial charge is 0.397 e. The molecule has 1 saturated carbocycles. The number of hydrogen-bond donors (Lipinski definition) is 3. The Kier molecular flexibility index (Phi) is 4.30.